The number of nitrogens with zero attached hydrogens (tertiary/aromatic N) is 4. The van der Waals surface area contributed by atoms with E-state index in [4.69, 9.17) is 25.3 Å². The van der Waals surface area contributed by atoms with Gasteiger partial charge in [-0.1, -0.05) is 18.2 Å². The molecular weight excluding hydrogens is 542 g/mol. The van der Waals surface area contributed by atoms with E-state index in [9.17, 15) is 9.36 Å². The molecule has 1 aliphatic rings. The molecule has 0 bridgehead atoms. The smallest absolute Gasteiger partial charge is 0.459 e. The first-order valence-electron chi connectivity index (χ1n) is 12.7. The van der Waals surface area contributed by atoms with Gasteiger partial charge in [-0.05, 0) is 44.7 Å². The fraction of sp³-hybridized carbons (Fsp3) is 0.500. The maximum absolute atomic E-state index is 13.7. The number of imidazole rings is 1. The maximum atomic E-state index is 13.7. The zero-order valence-corrected chi connectivity index (χ0v) is 24.3. The number of aromatic nitrogens is 4. The van der Waals surface area contributed by atoms with Gasteiger partial charge in [-0.15, -0.1) is 9.24 Å². The van der Waals surface area contributed by atoms with Gasteiger partial charge in [-0.25, -0.2) is 14.6 Å². The van der Waals surface area contributed by atoms with Crippen molar-refractivity contribution in [2.24, 2.45) is 11.7 Å². The van der Waals surface area contributed by atoms with Gasteiger partial charge in [-0.3, -0.25) is 9.32 Å². The molecule has 1 aliphatic carbocycles. The average molecular weight is 579 g/mol. The van der Waals surface area contributed by atoms with Crippen LogP contribution in [0.25, 0.3) is 11.2 Å². The summed E-state index contributed by atoms with van der Waals surface area (Å²) < 4.78 is 32.4. The molecule has 15 heteroatoms. The van der Waals surface area contributed by atoms with E-state index in [1.807, 2.05) is 10.6 Å². The molecule has 0 aliphatic heterocycles. The second-order valence-corrected chi connectivity index (χ2v) is 12.7. The monoisotopic (exact) mass is 578 g/mol. The summed E-state index contributed by atoms with van der Waals surface area (Å²) >= 11 is 0. The molecule has 0 saturated heterocycles. The van der Waals surface area contributed by atoms with Crippen molar-refractivity contribution in [3.05, 3.63) is 36.7 Å². The number of fused-ring (bicyclic) bond motifs is 1. The molecule has 1 fully saturated rings. The number of hydrogen-bond donors (Lipinski definition) is 4. The van der Waals surface area contributed by atoms with E-state index in [-0.39, 0.29) is 37.2 Å². The number of nitrogens with two attached hydrogens (primary N) is 2. The highest BCUT2D eigenvalue weighted by Crippen LogP contribution is 2.51. The van der Waals surface area contributed by atoms with Crippen molar-refractivity contribution in [1.82, 2.24) is 24.6 Å². The molecule has 0 spiro atoms. The van der Waals surface area contributed by atoms with Crippen LogP contribution in [0.4, 0.5) is 11.8 Å². The minimum absolute atomic E-state index is 0.0337. The Labute approximate surface area is 229 Å². The Kier molecular flexibility index (Phi) is 9.08. The number of nitrogen functional groups attached to an aromatic ring is 1. The number of carbonyl (C=O) groups is 1. The van der Waals surface area contributed by atoms with Crippen molar-refractivity contribution in [1.29, 1.82) is 0 Å². The molecule has 2 unspecified atom stereocenters. The van der Waals surface area contributed by atoms with Gasteiger partial charge in [0.25, 0.3) is 0 Å². The quantitative estimate of drug-likeness (QED) is 0.182. The van der Waals surface area contributed by atoms with E-state index in [0.717, 1.165) is 0 Å². The summed E-state index contributed by atoms with van der Waals surface area (Å²) in [5, 5.41) is 5.24. The highest BCUT2D eigenvalue weighted by atomic mass is 31.2. The second kappa shape index (κ2) is 12.1. The molecule has 2 heterocycles. The van der Waals surface area contributed by atoms with Crippen LogP contribution in [0.2, 0.25) is 0 Å². The van der Waals surface area contributed by atoms with Crippen molar-refractivity contribution in [2.75, 3.05) is 37.8 Å². The van der Waals surface area contributed by atoms with Crippen LogP contribution in [0.15, 0.2) is 36.7 Å². The fourth-order valence-corrected chi connectivity index (χ4v) is 6.74. The Balaban J connectivity index is 1.52. The molecule has 39 heavy (non-hydrogen) atoms. The third-order valence-corrected chi connectivity index (χ3v) is 8.86. The maximum Gasteiger partial charge on any atom is 0.459 e. The van der Waals surface area contributed by atoms with Crippen LogP contribution in [-0.4, -0.2) is 63.5 Å². The Hall–Kier alpha value is -2.82. The fourth-order valence-electron chi connectivity index (χ4n) is 4.77. The molecule has 5 atom stereocenters. The largest absolute Gasteiger partial charge is 0.462 e. The van der Waals surface area contributed by atoms with Gasteiger partial charge in [0, 0.05) is 24.8 Å². The average Bonchev–Trinajstić information content (AvgIpc) is 3.47. The van der Waals surface area contributed by atoms with Gasteiger partial charge in [-0.2, -0.15) is 9.97 Å². The summed E-state index contributed by atoms with van der Waals surface area (Å²) in [6, 6.07) is 8.54. The molecule has 212 valence electrons. The lowest BCUT2D eigenvalue weighted by Gasteiger charge is -2.30. The Morgan fingerprint density at radius 2 is 2.05 bits per heavy atom. The minimum atomic E-state index is -3.93. The van der Waals surface area contributed by atoms with Crippen LogP contribution < -0.4 is 26.4 Å². The predicted octanol–water partition coefficient (Wildman–Crippen LogP) is 2.72. The van der Waals surface area contributed by atoms with Crippen LogP contribution in [0.3, 0.4) is 0 Å². The number of rotatable bonds is 12. The highest BCUT2D eigenvalue weighted by molar-refractivity contribution is 7.52. The van der Waals surface area contributed by atoms with Gasteiger partial charge in [0.05, 0.1) is 19.0 Å². The third-order valence-electron chi connectivity index (χ3n) is 6.51. The van der Waals surface area contributed by atoms with Gasteiger partial charge in [0.15, 0.2) is 17.0 Å². The summed E-state index contributed by atoms with van der Waals surface area (Å²) in [4.78, 5) is 25.3. The molecule has 0 radical (unpaired) electrons. The third kappa shape index (κ3) is 6.85. The summed E-state index contributed by atoms with van der Waals surface area (Å²) in [7, 11) is 0.701. The summed E-state index contributed by atoms with van der Waals surface area (Å²) in [5.74, 6) is 0.424. The molecule has 13 nitrogen and oxygen atoms in total. The first-order valence-corrected chi connectivity index (χ1v) is 14.8. The van der Waals surface area contributed by atoms with Crippen LogP contribution in [-0.2, 0) is 18.6 Å². The topological polar surface area (TPSA) is 182 Å². The van der Waals surface area contributed by atoms with E-state index >= 15 is 0 Å². The summed E-state index contributed by atoms with van der Waals surface area (Å²) in [6.45, 7) is 3.62. The lowest BCUT2D eigenvalue weighted by molar-refractivity contribution is -0.145. The molecule has 1 saturated carbocycles. The summed E-state index contributed by atoms with van der Waals surface area (Å²) in [6.07, 6.45) is 2.72. The van der Waals surface area contributed by atoms with E-state index < -0.39 is 18.9 Å². The number of ether oxygens (including phenoxy) is 1. The predicted molar refractivity (Wildman–Crippen MR) is 152 cm³/mol. The van der Waals surface area contributed by atoms with Crippen LogP contribution in [0.5, 0.6) is 5.75 Å². The lowest BCUT2D eigenvalue weighted by atomic mass is 10.0. The highest BCUT2D eigenvalue weighted by Gasteiger charge is 2.46. The van der Waals surface area contributed by atoms with Gasteiger partial charge < -0.3 is 30.6 Å². The standard InChI is InChI=1S/C24H36N8O5P2/c1-15(2)36-19(33)11-29-39(34,37-17-7-5-4-6-8-17)35-12-16-9-18(24(38,10-16)13-25)32-14-28-20-21(27-3)30-23(26)31-22(20)32/h4-8,14-16,18H,9-13,25,38H2,1-3H3,(H,29,34)(H3,26,27,30,31)/t16-,18+,24-,39?/m0/s1. The number of hydrogen-bond acceptors (Lipinski definition) is 11. The zero-order valence-electron chi connectivity index (χ0n) is 22.2. The second-order valence-electron chi connectivity index (χ2n) is 9.83. The van der Waals surface area contributed by atoms with Gasteiger partial charge in [0.1, 0.15) is 12.3 Å². The molecule has 3 aromatic rings. The van der Waals surface area contributed by atoms with Crippen molar-refractivity contribution in [3.63, 3.8) is 0 Å². The minimum Gasteiger partial charge on any atom is -0.462 e. The van der Waals surface area contributed by atoms with Gasteiger partial charge in [0.2, 0.25) is 5.95 Å². The van der Waals surface area contributed by atoms with Crippen molar-refractivity contribution in [3.8, 4) is 5.75 Å². The van der Waals surface area contributed by atoms with Crippen molar-refractivity contribution < 1.29 is 23.1 Å². The molecule has 2 aromatic heterocycles. The molecule has 4 rings (SSSR count). The first-order chi connectivity index (χ1) is 18.6. The van der Waals surface area contributed by atoms with E-state index in [1.54, 1.807) is 51.5 Å². The molecule has 1 aromatic carbocycles. The molecular formula is C24H36N8O5P2. The number of anilines is 2. The normalized spacial score (nSPS) is 22.6. The Morgan fingerprint density at radius 1 is 1.31 bits per heavy atom. The lowest BCUT2D eigenvalue weighted by Crippen LogP contribution is -2.36. The van der Waals surface area contributed by atoms with Crippen molar-refractivity contribution in [2.45, 2.75) is 44.0 Å². The molecule has 6 N–H and O–H groups in total. The van der Waals surface area contributed by atoms with Crippen LogP contribution >= 0.6 is 17.0 Å². The number of carbonyl (C=O) groups excluding carboxylic acids is 1. The molecule has 0 amide bonds. The number of benzene rings is 1. The van der Waals surface area contributed by atoms with Crippen LogP contribution in [0.1, 0.15) is 32.7 Å². The summed E-state index contributed by atoms with van der Waals surface area (Å²) in [5.41, 5.74) is 13.4. The van der Waals surface area contributed by atoms with Crippen LogP contribution in [0, 0.1) is 5.92 Å². The Bertz CT molecular complexity index is 1340. The van der Waals surface area contributed by atoms with E-state index in [2.05, 4.69) is 34.6 Å². The first kappa shape index (κ1) is 29.2. The SMILES string of the molecule is CNc1nc(N)nc2c1ncn2[C@@H]1C[C@H](COP(=O)(NCC(=O)OC(C)C)Oc2ccccc2)C[C@]1(P)CN. The Morgan fingerprint density at radius 3 is 2.72 bits per heavy atom. The van der Waals surface area contributed by atoms with Crippen molar-refractivity contribution >= 4 is 45.9 Å². The number of esters is 1. The number of nitrogens with one attached hydrogen (secondary N) is 2. The van der Waals surface area contributed by atoms with Gasteiger partial charge >= 0.3 is 13.7 Å². The number of para-hydroxylation sites is 1. The zero-order chi connectivity index (χ0) is 28.2. The van der Waals surface area contributed by atoms with E-state index in [0.29, 0.717) is 42.1 Å². The van der Waals surface area contributed by atoms with E-state index in [1.165, 1.54) is 0 Å².